The number of rotatable bonds is 1. The van der Waals surface area contributed by atoms with Crippen molar-refractivity contribution >= 4 is 38.1 Å². The molecule has 0 saturated carbocycles. The Hall–Kier alpha value is -5.02. The molecule has 0 saturated heterocycles. The van der Waals surface area contributed by atoms with Gasteiger partial charge >= 0.3 is 0 Å². The first-order chi connectivity index (χ1) is 20.9. The van der Waals surface area contributed by atoms with Crippen molar-refractivity contribution < 1.29 is 0 Å². The summed E-state index contributed by atoms with van der Waals surface area (Å²) >= 11 is 0. The quantitative estimate of drug-likeness (QED) is 0.203. The first-order valence-corrected chi connectivity index (χ1v) is 15.2. The maximum atomic E-state index is 5.23. The lowest BCUT2D eigenvalue weighted by molar-refractivity contribution is 0.637. The van der Waals surface area contributed by atoms with Gasteiger partial charge in [-0.25, -0.2) is 0 Å². The highest BCUT2D eigenvalue weighted by molar-refractivity contribution is 6.29. The molecule has 8 aromatic rings. The third kappa shape index (κ3) is 2.64. The number of aromatic nitrogens is 3. The first-order valence-electron chi connectivity index (χ1n) is 15.2. The van der Waals surface area contributed by atoms with Gasteiger partial charge in [0.2, 0.25) is 0 Å². The van der Waals surface area contributed by atoms with Crippen molar-refractivity contribution in [3.05, 3.63) is 126 Å². The van der Waals surface area contributed by atoms with E-state index in [-0.39, 0.29) is 10.8 Å². The van der Waals surface area contributed by atoms with Gasteiger partial charge in [-0.05, 0) is 45.5 Å². The van der Waals surface area contributed by atoms with Gasteiger partial charge in [-0.3, -0.25) is 9.97 Å². The molecule has 4 aromatic heterocycles. The lowest BCUT2D eigenvalue weighted by Crippen LogP contribution is -2.16. The summed E-state index contributed by atoms with van der Waals surface area (Å²) in [4.78, 5) is 10.5. The number of pyridine rings is 2. The van der Waals surface area contributed by atoms with E-state index in [1.54, 1.807) is 0 Å². The smallest absolute Gasteiger partial charge is 0.0732 e. The number of hydrogen-bond acceptors (Lipinski definition) is 2. The van der Waals surface area contributed by atoms with Crippen LogP contribution in [-0.4, -0.2) is 14.4 Å². The predicted octanol–water partition coefficient (Wildman–Crippen LogP) is 9.91. The molecule has 0 atom stereocenters. The fraction of sp³-hybridized carbons (Fsp3) is 0.150. The van der Waals surface area contributed by atoms with E-state index in [1.807, 2.05) is 0 Å². The molecule has 0 unspecified atom stereocenters. The monoisotopic (exact) mass is 551 g/mol. The van der Waals surface area contributed by atoms with Gasteiger partial charge in [-0.1, -0.05) is 107 Å². The standard InChI is InChI=1S/C40H29N3/c1-39(2)28-16-10-8-14-24(28)34-32-26-18-23(22-12-6-5-7-13-22)19-27-33-31(43(36(26)27)30(32)20-41-37(34)39)21-42-38-35(33)25-15-9-11-17-29(25)40(38,3)4/h5-21H,1-4H3. The van der Waals surface area contributed by atoms with Crippen molar-refractivity contribution in [2.45, 2.75) is 38.5 Å². The van der Waals surface area contributed by atoms with Gasteiger partial charge in [0.05, 0.1) is 40.3 Å². The van der Waals surface area contributed by atoms with Crippen molar-refractivity contribution in [3.8, 4) is 33.4 Å². The van der Waals surface area contributed by atoms with Crippen LogP contribution in [0.5, 0.6) is 0 Å². The van der Waals surface area contributed by atoms with Crippen LogP contribution in [0.2, 0.25) is 0 Å². The topological polar surface area (TPSA) is 30.2 Å². The summed E-state index contributed by atoms with van der Waals surface area (Å²) < 4.78 is 2.45. The van der Waals surface area contributed by atoms with Gasteiger partial charge in [0.15, 0.2) is 0 Å². The van der Waals surface area contributed by atoms with Crippen molar-refractivity contribution in [1.29, 1.82) is 0 Å². The maximum Gasteiger partial charge on any atom is 0.0732 e. The van der Waals surface area contributed by atoms with E-state index in [1.165, 1.54) is 71.6 Å². The Bertz CT molecular complexity index is 2340. The Kier molecular flexibility index (Phi) is 4.10. The van der Waals surface area contributed by atoms with E-state index in [0.29, 0.717) is 0 Å². The Morgan fingerprint density at radius 3 is 1.51 bits per heavy atom. The van der Waals surface area contributed by atoms with E-state index < -0.39 is 0 Å². The van der Waals surface area contributed by atoms with Crippen molar-refractivity contribution in [2.75, 3.05) is 0 Å². The normalized spacial score (nSPS) is 15.8. The molecule has 43 heavy (non-hydrogen) atoms. The number of fused-ring (bicyclic) bond motifs is 14. The number of nitrogens with zero attached hydrogens (tertiary/aromatic N) is 3. The lowest BCUT2D eigenvalue weighted by atomic mass is 9.85. The van der Waals surface area contributed by atoms with Crippen LogP contribution < -0.4 is 0 Å². The van der Waals surface area contributed by atoms with Crippen LogP contribution in [0.4, 0.5) is 0 Å². The summed E-state index contributed by atoms with van der Waals surface area (Å²) in [6.45, 7) is 9.24. The summed E-state index contributed by atoms with van der Waals surface area (Å²) in [6, 6.07) is 33.4. The van der Waals surface area contributed by atoms with E-state index in [4.69, 9.17) is 9.97 Å². The van der Waals surface area contributed by atoms with Crippen LogP contribution in [0.3, 0.4) is 0 Å². The lowest BCUT2D eigenvalue weighted by Gasteiger charge is -2.20. The molecule has 10 rings (SSSR count). The van der Waals surface area contributed by atoms with E-state index in [0.717, 1.165) is 22.4 Å². The molecular formula is C40H29N3. The average molecular weight is 552 g/mol. The van der Waals surface area contributed by atoms with E-state index >= 15 is 0 Å². The summed E-state index contributed by atoms with van der Waals surface area (Å²) in [6.07, 6.45) is 4.24. The van der Waals surface area contributed by atoms with E-state index in [2.05, 4.69) is 135 Å². The largest absolute Gasteiger partial charge is 0.305 e. The summed E-state index contributed by atoms with van der Waals surface area (Å²) in [5.74, 6) is 0. The minimum Gasteiger partial charge on any atom is -0.305 e. The van der Waals surface area contributed by atoms with Crippen LogP contribution in [-0.2, 0) is 10.8 Å². The Labute approximate surface area is 249 Å². The summed E-state index contributed by atoms with van der Waals surface area (Å²) in [7, 11) is 0. The van der Waals surface area contributed by atoms with Gasteiger partial charge in [0.25, 0.3) is 0 Å². The molecule has 2 aliphatic rings. The third-order valence-electron chi connectivity index (χ3n) is 10.5. The molecule has 0 radical (unpaired) electrons. The zero-order chi connectivity index (χ0) is 28.8. The average Bonchev–Trinajstić information content (AvgIpc) is 3.69. The van der Waals surface area contributed by atoms with Crippen LogP contribution in [0, 0.1) is 0 Å². The molecule has 4 aromatic carbocycles. The second kappa shape index (κ2) is 7.48. The highest BCUT2D eigenvalue weighted by Gasteiger charge is 2.41. The Balaban J connectivity index is 1.46. The third-order valence-corrected chi connectivity index (χ3v) is 10.5. The fourth-order valence-electron chi connectivity index (χ4n) is 8.53. The molecular weight excluding hydrogens is 522 g/mol. The Morgan fingerprint density at radius 2 is 1.00 bits per heavy atom. The maximum absolute atomic E-state index is 5.23. The SMILES string of the molecule is CC1(C)c2ccccc2-c2c1ncc1c2c2cc(-c3ccccc3)cc3c4c5c(ncc4n1c23)C(C)(C)c1ccccc1-5. The summed E-state index contributed by atoms with van der Waals surface area (Å²) in [5.41, 5.74) is 15.9. The van der Waals surface area contributed by atoms with Crippen molar-refractivity contribution in [1.82, 2.24) is 14.4 Å². The zero-order valence-electron chi connectivity index (χ0n) is 24.7. The molecule has 0 bridgehead atoms. The molecule has 0 amide bonds. The first kappa shape index (κ1) is 23.5. The van der Waals surface area contributed by atoms with Crippen LogP contribution in [0.25, 0.3) is 71.5 Å². The predicted molar refractivity (Wildman–Crippen MR) is 177 cm³/mol. The zero-order valence-corrected chi connectivity index (χ0v) is 24.7. The second-order valence-corrected chi connectivity index (χ2v) is 13.4. The molecule has 3 heteroatoms. The fourth-order valence-corrected chi connectivity index (χ4v) is 8.53. The molecule has 3 nitrogen and oxygen atoms in total. The van der Waals surface area contributed by atoms with Crippen molar-refractivity contribution in [3.63, 3.8) is 0 Å². The highest BCUT2D eigenvalue weighted by atomic mass is 14.9. The van der Waals surface area contributed by atoms with Crippen molar-refractivity contribution in [2.24, 2.45) is 0 Å². The minimum absolute atomic E-state index is 0.159. The second-order valence-electron chi connectivity index (χ2n) is 13.4. The summed E-state index contributed by atoms with van der Waals surface area (Å²) in [5, 5.41) is 5.16. The Morgan fingerprint density at radius 1 is 0.535 bits per heavy atom. The molecule has 0 N–H and O–H groups in total. The molecule has 0 fully saturated rings. The molecule has 0 spiro atoms. The molecule has 0 aliphatic heterocycles. The number of hydrogen-bond donors (Lipinski definition) is 0. The van der Waals surface area contributed by atoms with Gasteiger partial charge in [0.1, 0.15) is 0 Å². The van der Waals surface area contributed by atoms with E-state index in [9.17, 15) is 0 Å². The van der Waals surface area contributed by atoms with Gasteiger partial charge < -0.3 is 4.40 Å². The highest BCUT2D eigenvalue weighted by Crippen LogP contribution is 2.56. The van der Waals surface area contributed by atoms with Crippen LogP contribution in [0.1, 0.15) is 50.2 Å². The van der Waals surface area contributed by atoms with Gasteiger partial charge in [0, 0.05) is 43.5 Å². The minimum atomic E-state index is -0.159. The number of benzene rings is 4. The van der Waals surface area contributed by atoms with Gasteiger partial charge in [-0.2, -0.15) is 0 Å². The molecule has 4 heterocycles. The van der Waals surface area contributed by atoms with Crippen LogP contribution >= 0.6 is 0 Å². The molecule has 2 aliphatic carbocycles. The molecule has 204 valence electrons. The van der Waals surface area contributed by atoms with Gasteiger partial charge in [-0.15, -0.1) is 0 Å². The van der Waals surface area contributed by atoms with Crippen LogP contribution in [0.15, 0.2) is 103 Å².